The van der Waals surface area contributed by atoms with E-state index in [1.165, 1.54) is 0 Å². The van der Waals surface area contributed by atoms with E-state index in [1.54, 1.807) is 74.4 Å². The van der Waals surface area contributed by atoms with E-state index in [0.717, 1.165) is 5.56 Å². The second kappa shape index (κ2) is 15.9. The molecule has 4 N–H and O–H groups in total. The Morgan fingerprint density at radius 2 is 1.12 bits per heavy atom. The van der Waals surface area contributed by atoms with Crippen molar-refractivity contribution in [3.8, 4) is 0 Å². The summed E-state index contributed by atoms with van der Waals surface area (Å²) >= 11 is 0. The van der Waals surface area contributed by atoms with E-state index in [1.807, 2.05) is 18.2 Å². The van der Waals surface area contributed by atoms with Crippen molar-refractivity contribution in [3.05, 3.63) is 35.9 Å². The fraction of sp³-hybridized carbons (Fsp3) is 0.735. The van der Waals surface area contributed by atoms with Crippen molar-refractivity contribution in [2.24, 2.45) is 16.2 Å². The van der Waals surface area contributed by atoms with Gasteiger partial charge < -0.3 is 53.6 Å². The molecule has 0 unspecified atom stereocenters. The second-order valence-corrected chi connectivity index (χ2v) is 15.3. The standard InChI is InChI=1S/C34H52O14/c1-32(2,3)29(39)43-16-19-21(35)22(36)23(37)27(45-19)47-25-20(17-44-30(40)33(4,5)6)46-28(42-15-18-13-11-10-12-14-18)26(24(25)38)48-31(41)34(7,8)9/h10-14,19-28,35-38H,15-17H2,1-9H3/t19-,20-,21+,22+,23-,24+,25-,26-,27+,28-/m1/s1. The van der Waals surface area contributed by atoms with Gasteiger partial charge in [0.2, 0.25) is 0 Å². The molecule has 14 heteroatoms. The van der Waals surface area contributed by atoms with Crippen LogP contribution in [-0.4, -0.2) is 113 Å². The van der Waals surface area contributed by atoms with E-state index in [0.29, 0.717) is 0 Å². The molecule has 2 aliphatic heterocycles. The van der Waals surface area contributed by atoms with Crippen LogP contribution < -0.4 is 0 Å². The van der Waals surface area contributed by atoms with Gasteiger partial charge in [0.25, 0.3) is 0 Å². The molecule has 3 rings (SSSR count). The van der Waals surface area contributed by atoms with Crippen molar-refractivity contribution >= 4 is 17.9 Å². The van der Waals surface area contributed by atoms with Crippen LogP contribution in [-0.2, 0) is 54.1 Å². The molecule has 0 radical (unpaired) electrons. The molecule has 2 aliphatic rings. The molecular weight excluding hydrogens is 632 g/mol. The molecule has 0 saturated carbocycles. The minimum atomic E-state index is -1.85. The molecule has 1 aromatic rings. The summed E-state index contributed by atoms with van der Waals surface area (Å²) in [4.78, 5) is 38.1. The van der Waals surface area contributed by atoms with Gasteiger partial charge in [0, 0.05) is 0 Å². The van der Waals surface area contributed by atoms with E-state index in [9.17, 15) is 34.8 Å². The molecule has 0 amide bonds. The summed E-state index contributed by atoms with van der Waals surface area (Å²) in [7, 11) is 0. The third kappa shape index (κ3) is 10.4. The van der Waals surface area contributed by atoms with Crippen molar-refractivity contribution in [1.82, 2.24) is 0 Å². The Morgan fingerprint density at radius 1 is 0.625 bits per heavy atom. The summed E-state index contributed by atoms with van der Waals surface area (Å²) < 4.78 is 40.4. The van der Waals surface area contributed by atoms with Gasteiger partial charge in [-0.05, 0) is 67.9 Å². The molecule has 272 valence electrons. The molecule has 0 bridgehead atoms. The topological polar surface area (TPSA) is 197 Å². The first-order valence-corrected chi connectivity index (χ1v) is 16.0. The summed E-state index contributed by atoms with van der Waals surface area (Å²) in [5.41, 5.74) is -1.99. The zero-order valence-electron chi connectivity index (χ0n) is 29.2. The monoisotopic (exact) mass is 684 g/mol. The predicted octanol–water partition coefficient (Wildman–Crippen LogP) is 1.62. The molecule has 0 aromatic heterocycles. The number of carbonyl (C=O) groups is 3. The van der Waals surface area contributed by atoms with Gasteiger partial charge in [0.05, 0.1) is 22.9 Å². The van der Waals surface area contributed by atoms with Crippen LogP contribution >= 0.6 is 0 Å². The van der Waals surface area contributed by atoms with Crippen molar-refractivity contribution in [3.63, 3.8) is 0 Å². The Labute approximate surface area is 281 Å². The van der Waals surface area contributed by atoms with E-state index >= 15 is 0 Å². The summed E-state index contributed by atoms with van der Waals surface area (Å²) in [5.74, 6) is -1.87. The number of benzene rings is 1. The average Bonchev–Trinajstić information content (AvgIpc) is 2.99. The quantitative estimate of drug-likeness (QED) is 0.205. The van der Waals surface area contributed by atoms with Crippen LogP contribution in [0.5, 0.6) is 0 Å². The lowest BCUT2D eigenvalue weighted by Gasteiger charge is -2.47. The number of carbonyl (C=O) groups excluding carboxylic acids is 3. The van der Waals surface area contributed by atoms with Crippen LogP contribution in [0.3, 0.4) is 0 Å². The highest BCUT2D eigenvalue weighted by molar-refractivity contribution is 5.76. The predicted molar refractivity (Wildman–Crippen MR) is 168 cm³/mol. The van der Waals surface area contributed by atoms with Gasteiger partial charge in [-0.2, -0.15) is 0 Å². The Balaban J connectivity index is 1.93. The SMILES string of the molecule is CC(C)(C)C(=O)OC[C@H]1O[C@@H](O[C@H]2[C@H](O)[C@@H](OC(=O)C(C)(C)C)[C@H](OCc3ccccc3)O[C@@H]2COC(=O)C(C)(C)C)[C@H](O)[C@@H](O)[C@H]1O. The summed E-state index contributed by atoms with van der Waals surface area (Å²) in [5, 5.41) is 43.9. The third-order valence-corrected chi connectivity index (χ3v) is 7.67. The van der Waals surface area contributed by atoms with Gasteiger partial charge in [0.15, 0.2) is 18.7 Å². The maximum atomic E-state index is 13.1. The molecule has 14 nitrogen and oxygen atoms in total. The molecule has 10 atom stereocenters. The molecule has 2 saturated heterocycles. The number of rotatable bonds is 10. The first-order valence-electron chi connectivity index (χ1n) is 16.0. The maximum absolute atomic E-state index is 13.1. The first-order chi connectivity index (χ1) is 22.1. The van der Waals surface area contributed by atoms with Crippen molar-refractivity contribution in [2.45, 2.75) is 130 Å². The minimum Gasteiger partial charge on any atom is -0.462 e. The third-order valence-electron chi connectivity index (χ3n) is 7.67. The van der Waals surface area contributed by atoms with E-state index in [2.05, 4.69) is 0 Å². The van der Waals surface area contributed by atoms with E-state index in [4.69, 9.17) is 33.2 Å². The zero-order valence-corrected chi connectivity index (χ0v) is 29.2. The smallest absolute Gasteiger partial charge is 0.311 e. The van der Waals surface area contributed by atoms with Crippen molar-refractivity contribution < 1.29 is 68.0 Å². The van der Waals surface area contributed by atoms with Crippen LogP contribution in [0.15, 0.2) is 30.3 Å². The van der Waals surface area contributed by atoms with Gasteiger partial charge in [-0.25, -0.2) is 0 Å². The van der Waals surface area contributed by atoms with Gasteiger partial charge in [-0.3, -0.25) is 14.4 Å². The number of ether oxygens (including phenoxy) is 7. The van der Waals surface area contributed by atoms with Gasteiger partial charge in [-0.1, -0.05) is 30.3 Å². The van der Waals surface area contributed by atoms with Crippen LogP contribution in [0.25, 0.3) is 0 Å². The van der Waals surface area contributed by atoms with Crippen molar-refractivity contribution in [1.29, 1.82) is 0 Å². The van der Waals surface area contributed by atoms with Gasteiger partial charge in [-0.15, -0.1) is 0 Å². The normalized spacial score (nSPS) is 31.5. The minimum absolute atomic E-state index is 0.00527. The van der Waals surface area contributed by atoms with Crippen LogP contribution in [0, 0.1) is 16.2 Å². The number of hydrogen-bond donors (Lipinski definition) is 4. The molecule has 2 fully saturated rings. The van der Waals surface area contributed by atoms with Crippen LogP contribution in [0.1, 0.15) is 67.9 Å². The highest BCUT2D eigenvalue weighted by Crippen LogP contribution is 2.33. The Kier molecular flexibility index (Phi) is 13.2. The summed E-state index contributed by atoms with van der Waals surface area (Å²) in [6.45, 7) is 13.8. The largest absolute Gasteiger partial charge is 0.462 e. The number of hydrogen-bond acceptors (Lipinski definition) is 14. The van der Waals surface area contributed by atoms with E-state index < -0.39 is 109 Å². The molecule has 0 spiro atoms. The lowest BCUT2D eigenvalue weighted by Crippen LogP contribution is -2.65. The highest BCUT2D eigenvalue weighted by atomic mass is 16.8. The Morgan fingerprint density at radius 3 is 1.65 bits per heavy atom. The van der Waals surface area contributed by atoms with Crippen LogP contribution in [0.4, 0.5) is 0 Å². The zero-order chi connectivity index (χ0) is 36.2. The Bertz CT molecular complexity index is 1210. The fourth-order valence-electron chi connectivity index (χ4n) is 4.58. The molecular formula is C34H52O14. The molecule has 0 aliphatic carbocycles. The van der Waals surface area contributed by atoms with Gasteiger partial charge in [0.1, 0.15) is 55.9 Å². The summed E-state index contributed by atoms with van der Waals surface area (Å²) in [6.07, 6.45) is -15.7. The number of aliphatic hydroxyl groups excluding tert-OH is 4. The molecule has 2 heterocycles. The van der Waals surface area contributed by atoms with Crippen molar-refractivity contribution in [2.75, 3.05) is 13.2 Å². The molecule has 1 aromatic carbocycles. The lowest BCUT2D eigenvalue weighted by molar-refractivity contribution is -0.361. The second-order valence-electron chi connectivity index (χ2n) is 15.3. The number of esters is 3. The van der Waals surface area contributed by atoms with Crippen LogP contribution in [0.2, 0.25) is 0 Å². The number of aliphatic hydroxyl groups is 4. The lowest BCUT2D eigenvalue weighted by atomic mass is 9.94. The van der Waals surface area contributed by atoms with Gasteiger partial charge >= 0.3 is 17.9 Å². The summed E-state index contributed by atoms with van der Waals surface area (Å²) in [6, 6.07) is 9.06. The van der Waals surface area contributed by atoms with E-state index in [-0.39, 0.29) is 6.61 Å². The fourth-order valence-corrected chi connectivity index (χ4v) is 4.58. The maximum Gasteiger partial charge on any atom is 0.311 e. The first kappa shape index (κ1) is 39.7. The Hall–Kier alpha value is -2.69. The average molecular weight is 685 g/mol. The highest BCUT2D eigenvalue weighted by Gasteiger charge is 2.53. The molecule has 48 heavy (non-hydrogen) atoms.